The molecule has 27 heavy (non-hydrogen) atoms. The fourth-order valence-electron chi connectivity index (χ4n) is 3.64. The second-order valence-electron chi connectivity index (χ2n) is 6.90. The lowest BCUT2D eigenvalue weighted by molar-refractivity contribution is -0.126. The Bertz CT molecular complexity index is 854. The lowest BCUT2D eigenvalue weighted by Crippen LogP contribution is -2.39. The molecule has 1 aromatic carbocycles. The van der Waals surface area contributed by atoms with Gasteiger partial charge in [0, 0.05) is 25.4 Å². The summed E-state index contributed by atoms with van der Waals surface area (Å²) in [5.41, 5.74) is 2.64. The molecule has 1 aliphatic heterocycles. The van der Waals surface area contributed by atoms with E-state index < -0.39 is 0 Å². The molecule has 3 aromatic rings. The van der Waals surface area contributed by atoms with Gasteiger partial charge in [0.2, 0.25) is 5.91 Å². The molecular formula is C21H24N4O2. The van der Waals surface area contributed by atoms with E-state index >= 15 is 0 Å². The summed E-state index contributed by atoms with van der Waals surface area (Å²) in [5, 5.41) is 3.08. The maximum atomic E-state index is 12.9. The van der Waals surface area contributed by atoms with Gasteiger partial charge in [-0.15, -0.1) is 0 Å². The molecule has 6 heteroatoms. The third-order valence-corrected chi connectivity index (χ3v) is 4.96. The Labute approximate surface area is 158 Å². The van der Waals surface area contributed by atoms with Crippen molar-refractivity contribution in [2.45, 2.75) is 31.7 Å². The molecule has 1 amide bonds. The molecule has 0 aliphatic carbocycles. The maximum Gasteiger partial charge on any atom is 0.242 e. The van der Waals surface area contributed by atoms with E-state index in [1.807, 2.05) is 36.4 Å². The molecule has 0 saturated carbocycles. The molecule has 1 unspecified atom stereocenters. The summed E-state index contributed by atoms with van der Waals surface area (Å²) in [6, 6.07) is 11.4. The predicted octanol–water partition coefficient (Wildman–Crippen LogP) is 3.11. The summed E-state index contributed by atoms with van der Waals surface area (Å²) in [6.45, 7) is 2.51. The van der Waals surface area contributed by atoms with Crippen molar-refractivity contribution in [2.24, 2.45) is 0 Å². The first kappa shape index (κ1) is 17.7. The van der Waals surface area contributed by atoms with E-state index in [2.05, 4.69) is 20.2 Å². The minimum atomic E-state index is -0.259. The predicted molar refractivity (Wildman–Crippen MR) is 103 cm³/mol. The van der Waals surface area contributed by atoms with E-state index in [1.165, 1.54) is 0 Å². The van der Waals surface area contributed by atoms with Gasteiger partial charge in [-0.3, -0.25) is 14.7 Å². The lowest BCUT2D eigenvalue weighted by atomic mass is 10.1. The molecule has 2 aromatic heterocycles. The number of oxazole rings is 1. The van der Waals surface area contributed by atoms with Crippen LogP contribution < -0.4 is 5.32 Å². The zero-order chi connectivity index (χ0) is 18.5. The van der Waals surface area contributed by atoms with Crippen molar-refractivity contribution >= 4 is 17.0 Å². The molecule has 0 radical (unpaired) electrons. The number of carbonyl (C=O) groups excluding carboxylic acids is 1. The number of aromatic nitrogens is 2. The van der Waals surface area contributed by atoms with Gasteiger partial charge in [0.05, 0.1) is 0 Å². The number of likely N-dealkylation sites (tertiary alicyclic amines) is 1. The molecule has 6 nitrogen and oxygen atoms in total. The molecule has 0 spiro atoms. The Hall–Kier alpha value is -2.73. The summed E-state index contributed by atoms with van der Waals surface area (Å²) in [6.07, 6.45) is 7.31. The van der Waals surface area contributed by atoms with Crippen molar-refractivity contribution in [1.29, 1.82) is 0 Å². The minimum absolute atomic E-state index is 0.0439. The highest BCUT2D eigenvalue weighted by atomic mass is 16.3. The van der Waals surface area contributed by atoms with Gasteiger partial charge in [-0.25, -0.2) is 4.98 Å². The Morgan fingerprint density at radius 1 is 1.19 bits per heavy atom. The standard InChI is InChI=1S/C21H24N4O2/c26-21(20(25-13-3-4-14-25)16-7-5-11-22-15-16)23-12-6-10-19-24-17-8-1-2-9-18(17)27-19/h1-2,5,7-9,11,15,20H,3-4,6,10,12-14H2,(H,23,26). The molecular weight excluding hydrogens is 340 g/mol. The van der Waals surface area contributed by atoms with Crippen molar-refractivity contribution in [3.8, 4) is 0 Å². The number of hydrogen-bond donors (Lipinski definition) is 1. The van der Waals surface area contributed by atoms with Crippen LogP contribution in [0.3, 0.4) is 0 Å². The van der Waals surface area contributed by atoms with E-state index in [0.717, 1.165) is 49.0 Å². The average Bonchev–Trinajstić information content (AvgIpc) is 3.36. The van der Waals surface area contributed by atoms with Gasteiger partial charge < -0.3 is 9.73 Å². The monoisotopic (exact) mass is 364 g/mol. The first-order valence-corrected chi connectivity index (χ1v) is 9.57. The van der Waals surface area contributed by atoms with Crippen LogP contribution in [0.1, 0.15) is 36.8 Å². The third kappa shape index (κ3) is 4.17. The van der Waals surface area contributed by atoms with E-state index in [9.17, 15) is 4.79 Å². The number of rotatable bonds is 7. The fourth-order valence-corrected chi connectivity index (χ4v) is 3.64. The van der Waals surface area contributed by atoms with Crippen molar-refractivity contribution < 1.29 is 9.21 Å². The van der Waals surface area contributed by atoms with Gasteiger partial charge in [0.25, 0.3) is 0 Å². The molecule has 1 N–H and O–H groups in total. The summed E-state index contributed by atoms with van der Waals surface area (Å²) >= 11 is 0. The zero-order valence-corrected chi connectivity index (χ0v) is 15.3. The van der Waals surface area contributed by atoms with E-state index in [0.29, 0.717) is 18.9 Å². The SMILES string of the molecule is O=C(NCCCc1nc2ccccc2o1)C(c1cccnc1)N1CCCC1. The number of benzene rings is 1. The normalized spacial score (nSPS) is 15.9. The van der Waals surface area contributed by atoms with E-state index in [-0.39, 0.29) is 11.9 Å². The van der Waals surface area contributed by atoms with Crippen molar-refractivity contribution in [2.75, 3.05) is 19.6 Å². The highest BCUT2D eigenvalue weighted by Crippen LogP contribution is 2.24. The topological polar surface area (TPSA) is 71.3 Å². The summed E-state index contributed by atoms with van der Waals surface area (Å²) in [4.78, 5) is 23.8. The largest absolute Gasteiger partial charge is 0.441 e. The highest BCUT2D eigenvalue weighted by Gasteiger charge is 2.29. The first-order valence-electron chi connectivity index (χ1n) is 9.57. The van der Waals surface area contributed by atoms with Crippen LogP contribution in [0.5, 0.6) is 0 Å². The summed E-state index contributed by atoms with van der Waals surface area (Å²) < 4.78 is 5.73. The van der Waals surface area contributed by atoms with Gasteiger partial charge in [0.15, 0.2) is 11.5 Å². The third-order valence-electron chi connectivity index (χ3n) is 4.96. The number of carbonyl (C=O) groups is 1. The van der Waals surface area contributed by atoms with Crippen LogP contribution in [0.15, 0.2) is 53.2 Å². The number of pyridine rings is 1. The molecule has 140 valence electrons. The first-order chi connectivity index (χ1) is 13.3. The number of nitrogens with zero attached hydrogens (tertiary/aromatic N) is 3. The molecule has 1 atom stereocenters. The van der Waals surface area contributed by atoms with Gasteiger partial charge in [-0.2, -0.15) is 0 Å². The van der Waals surface area contributed by atoms with Crippen molar-refractivity contribution in [1.82, 2.24) is 20.2 Å². The fraction of sp³-hybridized carbons (Fsp3) is 0.381. The number of nitrogens with one attached hydrogen (secondary N) is 1. The second-order valence-corrected chi connectivity index (χ2v) is 6.90. The summed E-state index contributed by atoms with van der Waals surface area (Å²) in [5.74, 6) is 0.760. The number of aryl methyl sites for hydroxylation is 1. The number of para-hydroxylation sites is 2. The molecule has 0 bridgehead atoms. The van der Waals surface area contributed by atoms with Crippen LogP contribution in [0.4, 0.5) is 0 Å². The Balaban J connectivity index is 1.34. The Morgan fingerprint density at radius 2 is 2.04 bits per heavy atom. The average molecular weight is 364 g/mol. The highest BCUT2D eigenvalue weighted by molar-refractivity contribution is 5.83. The Kier molecular flexibility index (Phi) is 5.44. The van der Waals surface area contributed by atoms with Crippen LogP contribution in [0, 0.1) is 0 Å². The minimum Gasteiger partial charge on any atom is -0.441 e. The number of fused-ring (bicyclic) bond motifs is 1. The van der Waals surface area contributed by atoms with Crippen molar-refractivity contribution in [3.63, 3.8) is 0 Å². The molecule has 1 aliphatic rings. The molecule has 3 heterocycles. The van der Waals surface area contributed by atoms with Gasteiger partial charge in [-0.1, -0.05) is 18.2 Å². The van der Waals surface area contributed by atoms with Crippen LogP contribution >= 0.6 is 0 Å². The van der Waals surface area contributed by atoms with E-state index in [1.54, 1.807) is 12.4 Å². The Morgan fingerprint density at radius 3 is 2.81 bits per heavy atom. The molecule has 4 rings (SSSR count). The van der Waals surface area contributed by atoms with Gasteiger partial charge in [-0.05, 0) is 56.1 Å². The molecule has 1 fully saturated rings. The summed E-state index contributed by atoms with van der Waals surface area (Å²) in [7, 11) is 0. The second kappa shape index (κ2) is 8.31. The lowest BCUT2D eigenvalue weighted by Gasteiger charge is -2.26. The number of hydrogen-bond acceptors (Lipinski definition) is 5. The van der Waals surface area contributed by atoms with E-state index in [4.69, 9.17) is 4.42 Å². The van der Waals surface area contributed by atoms with Crippen LogP contribution in [-0.2, 0) is 11.2 Å². The van der Waals surface area contributed by atoms with Crippen LogP contribution in [0.2, 0.25) is 0 Å². The zero-order valence-electron chi connectivity index (χ0n) is 15.3. The van der Waals surface area contributed by atoms with Crippen LogP contribution in [0.25, 0.3) is 11.1 Å². The molecule has 1 saturated heterocycles. The van der Waals surface area contributed by atoms with Crippen molar-refractivity contribution in [3.05, 3.63) is 60.2 Å². The smallest absolute Gasteiger partial charge is 0.242 e. The van der Waals surface area contributed by atoms with Gasteiger partial charge in [0.1, 0.15) is 11.6 Å². The maximum absolute atomic E-state index is 12.9. The quantitative estimate of drug-likeness (QED) is 0.652. The number of amides is 1. The van der Waals surface area contributed by atoms with Gasteiger partial charge >= 0.3 is 0 Å². The van der Waals surface area contributed by atoms with Crippen LogP contribution in [-0.4, -0.2) is 40.4 Å².